The molecule has 0 unspecified atom stereocenters. The lowest BCUT2D eigenvalue weighted by Crippen LogP contribution is -2.26. The molecule has 2 N–H and O–H groups in total. The van der Waals surface area contributed by atoms with Crippen LogP contribution in [0.2, 0.25) is 0 Å². The molecule has 104 valence electrons. The zero-order chi connectivity index (χ0) is 13.9. The molecule has 0 fully saturated rings. The predicted octanol–water partition coefficient (Wildman–Crippen LogP) is 0.218. The predicted molar refractivity (Wildman–Crippen MR) is 67.8 cm³/mol. The fraction of sp³-hybridized carbons (Fsp3) is 0.333. The number of aromatic nitrogens is 4. The molecule has 0 radical (unpaired) electrons. The molecule has 1 aliphatic carbocycles. The maximum Gasteiger partial charge on any atom is 0.269 e. The van der Waals surface area contributed by atoms with E-state index in [0.29, 0.717) is 6.42 Å². The van der Waals surface area contributed by atoms with Crippen LogP contribution in [0.1, 0.15) is 12.5 Å². The molecule has 2 aromatic rings. The molecule has 20 heavy (non-hydrogen) atoms. The molecule has 2 atom stereocenters. The Kier molecular flexibility index (Phi) is 3.40. The highest BCUT2D eigenvalue weighted by Gasteiger charge is 2.23. The number of hydroxylamine groups is 1. The Hall–Kier alpha value is -2.32. The van der Waals surface area contributed by atoms with Crippen molar-refractivity contribution in [2.45, 2.75) is 18.6 Å². The molecule has 0 aliphatic heterocycles. The number of fused-ring (bicyclic) bond motifs is 1. The molecule has 3 rings (SSSR count). The SMILES string of the molecule is O=C(CO[C@@H]1C=C[C@@H](n2cnc3cncnc32)C1)NO. The number of carbonyl (C=O) groups excluding carboxylic acids is 1. The molecular formula is C12H13N5O3. The summed E-state index contributed by atoms with van der Waals surface area (Å²) in [6, 6.07) is 0.0806. The number of nitrogens with zero attached hydrogens (tertiary/aromatic N) is 4. The van der Waals surface area contributed by atoms with E-state index in [1.807, 2.05) is 16.7 Å². The Morgan fingerprint density at radius 1 is 1.50 bits per heavy atom. The van der Waals surface area contributed by atoms with Gasteiger partial charge in [0.2, 0.25) is 0 Å². The van der Waals surface area contributed by atoms with E-state index < -0.39 is 5.91 Å². The number of nitrogens with one attached hydrogen (secondary N) is 1. The van der Waals surface area contributed by atoms with E-state index >= 15 is 0 Å². The van der Waals surface area contributed by atoms with Gasteiger partial charge in [0.05, 0.1) is 24.7 Å². The first-order valence-corrected chi connectivity index (χ1v) is 6.13. The summed E-state index contributed by atoms with van der Waals surface area (Å²) in [7, 11) is 0. The second-order valence-electron chi connectivity index (χ2n) is 4.46. The smallest absolute Gasteiger partial charge is 0.269 e. The molecule has 0 spiro atoms. The van der Waals surface area contributed by atoms with Gasteiger partial charge in [0.25, 0.3) is 5.91 Å². The van der Waals surface area contributed by atoms with Gasteiger partial charge in [-0.3, -0.25) is 10.0 Å². The summed E-state index contributed by atoms with van der Waals surface area (Å²) in [5.41, 5.74) is 3.04. The molecule has 8 heteroatoms. The largest absolute Gasteiger partial charge is 0.364 e. The average Bonchev–Trinajstić information content (AvgIpc) is 3.10. The van der Waals surface area contributed by atoms with Gasteiger partial charge >= 0.3 is 0 Å². The molecule has 0 aromatic carbocycles. The number of hydrogen-bond donors (Lipinski definition) is 2. The number of rotatable bonds is 4. The number of ether oxygens (including phenoxy) is 1. The Bertz CT molecular complexity index is 653. The van der Waals surface area contributed by atoms with Gasteiger partial charge in [-0.2, -0.15) is 0 Å². The van der Waals surface area contributed by atoms with Crippen LogP contribution in [0.3, 0.4) is 0 Å². The summed E-state index contributed by atoms with van der Waals surface area (Å²) < 4.78 is 7.32. The molecular weight excluding hydrogens is 262 g/mol. The first kappa shape index (κ1) is 12.7. The topological polar surface area (TPSA) is 102 Å². The molecule has 0 saturated heterocycles. The number of hydrogen-bond acceptors (Lipinski definition) is 6. The third-order valence-corrected chi connectivity index (χ3v) is 3.17. The quantitative estimate of drug-likeness (QED) is 0.470. The zero-order valence-electron chi connectivity index (χ0n) is 10.5. The molecule has 8 nitrogen and oxygen atoms in total. The summed E-state index contributed by atoms with van der Waals surface area (Å²) in [5.74, 6) is -0.567. The second-order valence-corrected chi connectivity index (χ2v) is 4.46. The van der Waals surface area contributed by atoms with Crippen molar-refractivity contribution in [3.05, 3.63) is 31.0 Å². The minimum atomic E-state index is -0.567. The van der Waals surface area contributed by atoms with Gasteiger partial charge in [-0.05, 0) is 0 Å². The van der Waals surface area contributed by atoms with Gasteiger partial charge < -0.3 is 9.30 Å². The van der Waals surface area contributed by atoms with Gasteiger partial charge in [-0.15, -0.1) is 0 Å². The van der Waals surface area contributed by atoms with Crippen molar-refractivity contribution < 1.29 is 14.7 Å². The average molecular weight is 275 g/mol. The van der Waals surface area contributed by atoms with Gasteiger partial charge in [0.1, 0.15) is 18.5 Å². The highest BCUT2D eigenvalue weighted by atomic mass is 16.5. The van der Waals surface area contributed by atoms with Crippen molar-refractivity contribution >= 4 is 17.1 Å². The van der Waals surface area contributed by atoms with Crippen LogP contribution in [-0.2, 0) is 9.53 Å². The van der Waals surface area contributed by atoms with Crippen LogP contribution in [0, 0.1) is 0 Å². The Balaban J connectivity index is 1.69. The van der Waals surface area contributed by atoms with Crippen LogP contribution in [-0.4, -0.2) is 43.3 Å². The summed E-state index contributed by atoms with van der Waals surface area (Å²) in [6.45, 7) is -0.176. The maximum atomic E-state index is 10.9. The van der Waals surface area contributed by atoms with Crippen LogP contribution >= 0.6 is 0 Å². The second kappa shape index (κ2) is 5.35. The lowest BCUT2D eigenvalue weighted by atomic mass is 10.2. The Morgan fingerprint density at radius 3 is 3.25 bits per heavy atom. The van der Waals surface area contributed by atoms with Crippen molar-refractivity contribution in [1.82, 2.24) is 25.0 Å². The number of allylic oxidation sites excluding steroid dienone is 1. The van der Waals surface area contributed by atoms with E-state index in [-0.39, 0.29) is 18.8 Å². The van der Waals surface area contributed by atoms with Gasteiger partial charge in [-0.25, -0.2) is 20.4 Å². The van der Waals surface area contributed by atoms with Crippen molar-refractivity contribution in [2.24, 2.45) is 0 Å². The molecule has 1 aliphatic rings. The first-order valence-electron chi connectivity index (χ1n) is 6.13. The number of carbonyl (C=O) groups is 1. The van der Waals surface area contributed by atoms with E-state index in [1.54, 1.807) is 12.5 Å². The van der Waals surface area contributed by atoms with Crippen LogP contribution < -0.4 is 5.48 Å². The van der Waals surface area contributed by atoms with E-state index in [4.69, 9.17) is 9.94 Å². The van der Waals surface area contributed by atoms with E-state index in [2.05, 4.69) is 15.0 Å². The normalized spacial score (nSPS) is 21.4. The lowest BCUT2D eigenvalue weighted by molar-refractivity contribution is -0.135. The molecule has 2 aromatic heterocycles. The van der Waals surface area contributed by atoms with Gasteiger partial charge in [0, 0.05) is 6.42 Å². The van der Waals surface area contributed by atoms with E-state index in [9.17, 15) is 4.79 Å². The Labute approximate surface area is 114 Å². The van der Waals surface area contributed by atoms with Crippen LogP contribution in [0.25, 0.3) is 11.2 Å². The fourth-order valence-electron chi connectivity index (χ4n) is 2.22. The monoisotopic (exact) mass is 275 g/mol. The lowest BCUT2D eigenvalue weighted by Gasteiger charge is -2.14. The van der Waals surface area contributed by atoms with Crippen LogP contribution in [0.15, 0.2) is 31.0 Å². The third kappa shape index (κ3) is 2.38. The summed E-state index contributed by atoms with van der Waals surface area (Å²) in [6.07, 6.45) is 9.27. The fourth-order valence-corrected chi connectivity index (χ4v) is 2.22. The summed E-state index contributed by atoms with van der Waals surface area (Å²) in [5, 5.41) is 8.41. The minimum Gasteiger partial charge on any atom is -0.364 e. The summed E-state index contributed by atoms with van der Waals surface area (Å²) >= 11 is 0. The zero-order valence-corrected chi connectivity index (χ0v) is 10.5. The van der Waals surface area contributed by atoms with Crippen molar-refractivity contribution in [2.75, 3.05) is 6.61 Å². The highest BCUT2D eigenvalue weighted by Crippen LogP contribution is 2.27. The van der Waals surface area contributed by atoms with Crippen molar-refractivity contribution in [1.29, 1.82) is 0 Å². The third-order valence-electron chi connectivity index (χ3n) is 3.17. The van der Waals surface area contributed by atoms with E-state index in [1.165, 1.54) is 11.8 Å². The van der Waals surface area contributed by atoms with Gasteiger partial charge in [-0.1, -0.05) is 12.2 Å². The Morgan fingerprint density at radius 2 is 2.40 bits per heavy atom. The van der Waals surface area contributed by atoms with Crippen LogP contribution in [0.4, 0.5) is 0 Å². The minimum absolute atomic E-state index is 0.0806. The van der Waals surface area contributed by atoms with Crippen molar-refractivity contribution in [3.63, 3.8) is 0 Å². The molecule has 1 amide bonds. The highest BCUT2D eigenvalue weighted by molar-refractivity contribution is 5.75. The number of imidazole rings is 1. The van der Waals surface area contributed by atoms with Gasteiger partial charge in [0.15, 0.2) is 5.65 Å². The maximum absolute atomic E-state index is 10.9. The molecule has 2 heterocycles. The number of amides is 1. The first-order chi connectivity index (χ1) is 9.78. The standard InChI is InChI=1S/C12H13N5O3/c18-11(16-19)5-20-9-2-1-8(3-9)17-7-15-10-4-13-6-14-12(10)17/h1-2,4,6-9,19H,3,5H2,(H,16,18)/t8-,9-/m1/s1. The van der Waals surface area contributed by atoms with Crippen molar-refractivity contribution in [3.8, 4) is 0 Å². The van der Waals surface area contributed by atoms with E-state index in [0.717, 1.165) is 11.2 Å². The molecule has 0 bridgehead atoms. The summed E-state index contributed by atoms with van der Waals surface area (Å²) in [4.78, 5) is 23.3. The van der Waals surface area contributed by atoms with Crippen LogP contribution in [0.5, 0.6) is 0 Å². The molecule has 0 saturated carbocycles.